The van der Waals surface area contributed by atoms with Crippen LogP contribution in [-0.4, -0.2) is 30.9 Å². The average Bonchev–Trinajstić information content (AvgIpc) is 2.25. The van der Waals surface area contributed by atoms with Crippen molar-refractivity contribution < 1.29 is 39.5 Å². The SMILES string of the molecule is FCCC(F)(F)C(F)C(F)(F)C(F)C(Cl)=C(F)F. The Labute approximate surface area is 100 Å². The largest absolute Gasteiger partial charge is 0.320 e. The van der Waals surface area contributed by atoms with Gasteiger partial charge in [0.25, 0.3) is 12.0 Å². The second-order valence-electron chi connectivity index (χ2n) is 3.21. The van der Waals surface area contributed by atoms with Crippen molar-refractivity contribution >= 4 is 11.6 Å². The number of halogens is 10. The maximum atomic E-state index is 12.8. The smallest absolute Gasteiger partial charge is 0.251 e. The summed E-state index contributed by atoms with van der Waals surface area (Å²) in [7, 11) is 0. The first-order valence-corrected chi connectivity index (χ1v) is 4.66. The summed E-state index contributed by atoms with van der Waals surface area (Å²) in [4.78, 5) is 0. The van der Waals surface area contributed by atoms with Crippen LogP contribution in [0.15, 0.2) is 11.1 Å². The zero-order valence-corrected chi connectivity index (χ0v) is 9.10. The molecule has 0 aromatic carbocycles. The monoisotopic (exact) mass is 308 g/mol. The van der Waals surface area contributed by atoms with Crippen LogP contribution in [0.1, 0.15) is 6.42 Å². The molecule has 0 heterocycles. The van der Waals surface area contributed by atoms with Crippen molar-refractivity contribution in [3.63, 3.8) is 0 Å². The molecule has 0 aromatic heterocycles. The maximum Gasteiger partial charge on any atom is 0.320 e. The van der Waals surface area contributed by atoms with Crippen LogP contribution < -0.4 is 0 Å². The van der Waals surface area contributed by atoms with E-state index in [1.807, 2.05) is 0 Å². The van der Waals surface area contributed by atoms with Crippen molar-refractivity contribution in [2.45, 2.75) is 30.6 Å². The molecular weight excluding hydrogens is 303 g/mol. The third-order valence-electron chi connectivity index (χ3n) is 1.88. The van der Waals surface area contributed by atoms with Gasteiger partial charge in [-0.3, -0.25) is 4.39 Å². The van der Waals surface area contributed by atoms with Crippen LogP contribution in [0.3, 0.4) is 0 Å². The molecule has 2 unspecified atom stereocenters. The van der Waals surface area contributed by atoms with Crippen LogP contribution in [0.5, 0.6) is 0 Å². The molecule has 0 aliphatic carbocycles. The lowest BCUT2D eigenvalue weighted by molar-refractivity contribution is -0.203. The van der Waals surface area contributed by atoms with Gasteiger partial charge in [-0.05, 0) is 0 Å². The van der Waals surface area contributed by atoms with Crippen molar-refractivity contribution in [1.29, 1.82) is 0 Å². The van der Waals surface area contributed by atoms with E-state index < -0.39 is 48.4 Å². The topological polar surface area (TPSA) is 0 Å². The van der Waals surface area contributed by atoms with Crippen molar-refractivity contribution in [1.82, 2.24) is 0 Å². The molecule has 2 atom stereocenters. The molecule has 0 spiro atoms. The lowest BCUT2D eigenvalue weighted by Gasteiger charge is -2.28. The van der Waals surface area contributed by atoms with Gasteiger partial charge in [0.1, 0.15) is 5.03 Å². The van der Waals surface area contributed by atoms with E-state index in [4.69, 9.17) is 0 Å². The minimum Gasteiger partial charge on any atom is -0.251 e. The molecule has 0 bridgehead atoms. The molecule has 0 N–H and O–H groups in total. The molecule has 0 fully saturated rings. The fourth-order valence-electron chi connectivity index (χ4n) is 0.927. The highest BCUT2D eigenvalue weighted by atomic mass is 35.5. The average molecular weight is 309 g/mol. The molecule has 0 aliphatic heterocycles. The van der Waals surface area contributed by atoms with Crippen LogP contribution in [0.2, 0.25) is 0 Å². The molecule has 0 amide bonds. The molecule has 0 rings (SSSR count). The Kier molecular flexibility index (Phi) is 5.83. The fourth-order valence-corrected chi connectivity index (χ4v) is 1.07. The molecule has 0 saturated heterocycles. The summed E-state index contributed by atoms with van der Waals surface area (Å²) in [5.74, 6) is -10.4. The Balaban J connectivity index is 5.20. The van der Waals surface area contributed by atoms with Crippen molar-refractivity contribution in [2.75, 3.05) is 6.67 Å². The fraction of sp³-hybridized carbons (Fsp3) is 0.750. The van der Waals surface area contributed by atoms with Gasteiger partial charge in [0.05, 0.1) is 6.67 Å². The third kappa shape index (κ3) is 3.69. The number of hydrogen-bond acceptors (Lipinski definition) is 0. The lowest BCUT2D eigenvalue weighted by atomic mass is 10.0. The van der Waals surface area contributed by atoms with Gasteiger partial charge in [0.2, 0.25) is 12.3 Å². The zero-order valence-electron chi connectivity index (χ0n) is 8.35. The highest BCUT2D eigenvalue weighted by Crippen LogP contribution is 2.42. The molecule has 0 radical (unpaired) electrons. The van der Waals surface area contributed by atoms with Gasteiger partial charge in [-0.15, -0.1) is 0 Å². The summed E-state index contributed by atoms with van der Waals surface area (Å²) >= 11 is 4.41. The Morgan fingerprint density at radius 2 is 1.50 bits per heavy atom. The van der Waals surface area contributed by atoms with Gasteiger partial charge in [0.15, 0.2) is 0 Å². The van der Waals surface area contributed by atoms with Crippen LogP contribution in [0.25, 0.3) is 0 Å². The molecule has 0 aromatic rings. The van der Waals surface area contributed by atoms with Gasteiger partial charge in [-0.1, -0.05) is 11.6 Å². The van der Waals surface area contributed by atoms with E-state index in [0.29, 0.717) is 0 Å². The highest BCUT2D eigenvalue weighted by Gasteiger charge is 2.61. The van der Waals surface area contributed by atoms with Gasteiger partial charge in [-0.2, -0.15) is 17.6 Å². The Bertz CT molecular complexity index is 310. The van der Waals surface area contributed by atoms with E-state index in [2.05, 4.69) is 11.6 Å². The molecule has 18 heavy (non-hydrogen) atoms. The first-order valence-electron chi connectivity index (χ1n) is 4.28. The number of alkyl halides is 7. The van der Waals surface area contributed by atoms with Gasteiger partial charge in [-0.25, -0.2) is 17.6 Å². The number of hydrogen-bond donors (Lipinski definition) is 0. The first-order chi connectivity index (χ1) is 7.98. The normalized spacial score (nSPS) is 16.3. The minimum absolute atomic E-state index is 1.85. The van der Waals surface area contributed by atoms with Crippen molar-refractivity contribution in [2.24, 2.45) is 0 Å². The standard InChI is InChI=1S/C8H6ClF9/c9-3(5(12)13)4(11)8(17,18)6(14)7(15,16)1-2-10/h4,6H,1-2H2. The van der Waals surface area contributed by atoms with Crippen LogP contribution in [-0.2, 0) is 0 Å². The summed E-state index contributed by atoms with van der Waals surface area (Å²) in [6.45, 7) is -1.85. The van der Waals surface area contributed by atoms with Crippen molar-refractivity contribution in [3.8, 4) is 0 Å². The summed E-state index contributed by atoms with van der Waals surface area (Å²) in [6, 6.07) is 0. The van der Waals surface area contributed by atoms with Crippen LogP contribution in [0.4, 0.5) is 39.5 Å². The summed E-state index contributed by atoms with van der Waals surface area (Å²) < 4.78 is 112. The number of rotatable bonds is 6. The highest BCUT2D eigenvalue weighted by molar-refractivity contribution is 6.30. The third-order valence-corrected chi connectivity index (χ3v) is 2.21. The molecular formula is C8H6ClF9. The lowest BCUT2D eigenvalue weighted by Crippen LogP contribution is -2.50. The quantitative estimate of drug-likeness (QED) is 0.627. The Morgan fingerprint density at radius 1 is 1.06 bits per heavy atom. The molecule has 0 saturated carbocycles. The first kappa shape index (κ1) is 17.4. The van der Waals surface area contributed by atoms with Crippen LogP contribution >= 0.6 is 11.6 Å². The zero-order chi connectivity index (χ0) is 14.7. The molecule has 0 aliphatic rings. The van der Waals surface area contributed by atoms with E-state index >= 15 is 0 Å². The summed E-state index contributed by atoms with van der Waals surface area (Å²) in [5.41, 5.74) is 0. The predicted octanol–water partition coefficient (Wildman–Crippen LogP) is 4.64. The summed E-state index contributed by atoms with van der Waals surface area (Å²) in [6.07, 6.45) is -13.7. The second kappa shape index (κ2) is 6.03. The molecule has 10 heteroatoms. The second-order valence-corrected chi connectivity index (χ2v) is 3.62. The predicted molar refractivity (Wildman–Crippen MR) is 45.4 cm³/mol. The maximum absolute atomic E-state index is 12.8. The summed E-state index contributed by atoms with van der Waals surface area (Å²) in [5, 5.41) is -2.38. The molecule has 108 valence electrons. The minimum atomic E-state index is -5.51. The van der Waals surface area contributed by atoms with E-state index in [0.717, 1.165) is 0 Å². The van der Waals surface area contributed by atoms with E-state index in [9.17, 15) is 39.5 Å². The van der Waals surface area contributed by atoms with E-state index in [-0.39, 0.29) is 0 Å². The molecule has 0 nitrogen and oxygen atoms in total. The Hall–Kier alpha value is -0.600. The van der Waals surface area contributed by atoms with Gasteiger partial charge in [0, 0.05) is 6.42 Å². The van der Waals surface area contributed by atoms with E-state index in [1.54, 1.807) is 0 Å². The number of allylic oxidation sites excluding steroid dienone is 1. The van der Waals surface area contributed by atoms with Crippen LogP contribution in [0, 0.1) is 0 Å². The Morgan fingerprint density at radius 3 is 1.83 bits per heavy atom. The van der Waals surface area contributed by atoms with Gasteiger partial charge < -0.3 is 0 Å². The van der Waals surface area contributed by atoms with E-state index in [1.165, 1.54) is 0 Å². The van der Waals surface area contributed by atoms with Crippen molar-refractivity contribution in [3.05, 3.63) is 11.1 Å². The van der Waals surface area contributed by atoms with Gasteiger partial charge >= 0.3 is 5.92 Å².